The highest BCUT2D eigenvalue weighted by atomic mass is 79.9. The third kappa shape index (κ3) is 3.92. The van der Waals surface area contributed by atoms with Gasteiger partial charge in [-0.15, -0.1) is 0 Å². The molecular formula is C16H25BrN2S. The fraction of sp³-hybridized carbons (Fsp3) is 0.625. The Hall–Kier alpha value is -0.190. The van der Waals surface area contributed by atoms with Gasteiger partial charge in [0.25, 0.3) is 0 Å². The molecule has 0 aromatic heterocycles. The van der Waals surface area contributed by atoms with Gasteiger partial charge >= 0.3 is 0 Å². The molecule has 2 rings (SSSR count). The largest absolute Gasteiger partial charge is 0.366 e. The lowest BCUT2D eigenvalue weighted by Crippen LogP contribution is -2.44. The zero-order chi connectivity index (χ0) is 14.5. The summed E-state index contributed by atoms with van der Waals surface area (Å²) in [5, 5.41) is 4.15. The van der Waals surface area contributed by atoms with Crippen LogP contribution in [0.1, 0.15) is 32.8 Å². The number of nitrogens with one attached hydrogen (secondary N) is 1. The van der Waals surface area contributed by atoms with E-state index >= 15 is 0 Å². The molecule has 1 heterocycles. The van der Waals surface area contributed by atoms with E-state index in [1.807, 2.05) is 0 Å². The molecule has 2 unspecified atom stereocenters. The number of nitrogens with zero attached hydrogens (tertiary/aromatic N) is 1. The molecule has 1 aromatic carbocycles. The van der Waals surface area contributed by atoms with E-state index in [-0.39, 0.29) is 0 Å². The highest BCUT2D eigenvalue weighted by Gasteiger charge is 2.26. The predicted octanol–water partition coefficient (Wildman–Crippen LogP) is 4.28. The van der Waals surface area contributed by atoms with Gasteiger partial charge in [-0.1, -0.05) is 19.9 Å². The molecule has 112 valence electrons. The minimum Gasteiger partial charge on any atom is -0.366 e. The summed E-state index contributed by atoms with van der Waals surface area (Å²) in [6, 6.07) is 7.37. The normalized spacial score (nSPS) is 23.1. The molecule has 1 N–H and O–H groups in total. The summed E-state index contributed by atoms with van der Waals surface area (Å²) in [6.45, 7) is 10.0. The fourth-order valence-electron chi connectivity index (χ4n) is 2.58. The van der Waals surface area contributed by atoms with E-state index in [4.69, 9.17) is 0 Å². The van der Waals surface area contributed by atoms with Crippen molar-refractivity contribution in [3.63, 3.8) is 0 Å². The first-order chi connectivity index (χ1) is 9.63. The molecule has 0 spiro atoms. The zero-order valence-corrected chi connectivity index (χ0v) is 15.1. The van der Waals surface area contributed by atoms with Crippen molar-refractivity contribution in [1.82, 2.24) is 5.32 Å². The maximum Gasteiger partial charge on any atom is 0.0513 e. The van der Waals surface area contributed by atoms with Crippen molar-refractivity contribution in [2.45, 2.75) is 45.0 Å². The topological polar surface area (TPSA) is 15.3 Å². The summed E-state index contributed by atoms with van der Waals surface area (Å²) in [6.07, 6.45) is 1.18. The number of anilines is 1. The van der Waals surface area contributed by atoms with Crippen LogP contribution >= 0.6 is 27.7 Å². The minimum atomic E-state index is 0.592. The van der Waals surface area contributed by atoms with Crippen molar-refractivity contribution in [1.29, 1.82) is 0 Å². The predicted molar refractivity (Wildman–Crippen MR) is 94.9 cm³/mol. The molecule has 20 heavy (non-hydrogen) atoms. The number of halogens is 1. The molecule has 0 bridgehead atoms. The summed E-state index contributed by atoms with van der Waals surface area (Å²) < 4.78 is 1.22. The zero-order valence-electron chi connectivity index (χ0n) is 12.7. The van der Waals surface area contributed by atoms with Gasteiger partial charge in [0.1, 0.15) is 0 Å². The van der Waals surface area contributed by atoms with Gasteiger partial charge in [-0.25, -0.2) is 0 Å². The van der Waals surface area contributed by atoms with E-state index in [1.54, 1.807) is 0 Å². The van der Waals surface area contributed by atoms with Gasteiger partial charge in [0.15, 0.2) is 0 Å². The molecule has 2 atom stereocenters. The van der Waals surface area contributed by atoms with Crippen LogP contribution in [0.4, 0.5) is 5.69 Å². The monoisotopic (exact) mass is 356 g/mol. The van der Waals surface area contributed by atoms with Crippen LogP contribution < -0.4 is 10.2 Å². The fourth-order valence-corrected chi connectivity index (χ4v) is 4.33. The molecule has 1 aromatic rings. The minimum absolute atomic E-state index is 0.592. The second-order valence-electron chi connectivity index (χ2n) is 5.47. The van der Waals surface area contributed by atoms with Crippen molar-refractivity contribution in [2.75, 3.05) is 23.7 Å². The van der Waals surface area contributed by atoms with Gasteiger partial charge in [0, 0.05) is 34.6 Å². The average Bonchev–Trinajstić information content (AvgIpc) is 2.43. The van der Waals surface area contributed by atoms with Gasteiger partial charge in [-0.2, -0.15) is 11.8 Å². The first-order valence-corrected chi connectivity index (χ1v) is 9.35. The Morgan fingerprint density at radius 3 is 2.90 bits per heavy atom. The summed E-state index contributed by atoms with van der Waals surface area (Å²) in [5.41, 5.74) is 2.69. The maximum absolute atomic E-state index is 3.76. The summed E-state index contributed by atoms with van der Waals surface area (Å²) >= 11 is 5.84. The summed E-state index contributed by atoms with van der Waals surface area (Å²) in [5.74, 6) is 1.22. The lowest BCUT2D eigenvalue weighted by molar-refractivity contribution is 0.626. The van der Waals surface area contributed by atoms with Crippen molar-refractivity contribution < 1.29 is 0 Å². The van der Waals surface area contributed by atoms with Crippen LogP contribution in [0.5, 0.6) is 0 Å². The van der Waals surface area contributed by atoms with E-state index in [9.17, 15) is 0 Å². The highest BCUT2D eigenvalue weighted by molar-refractivity contribution is 9.10. The van der Waals surface area contributed by atoms with Crippen LogP contribution in [0, 0.1) is 0 Å². The quantitative estimate of drug-likeness (QED) is 0.792. The van der Waals surface area contributed by atoms with Crippen LogP contribution in [0.15, 0.2) is 22.7 Å². The Labute approximate surface area is 135 Å². The summed E-state index contributed by atoms with van der Waals surface area (Å²) in [4.78, 5) is 2.54. The average molecular weight is 357 g/mol. The molecule has 0 amide bonds. The Morgan fingerprint density at radius 2 is 2.20 bits per heavy atom. The lowest BCUT2D eigenvalue weighted by atomic mass is 10.1. The Morgan fingerprint density at radius 1 is 1.40 bits per heavy atom. The molecule has 0 radical (unpaired) electrons. The molecule has 1 aliphatic rings. The van der Waals surface area contributed by atoms with Crippen LogP contribution in [0.2, 0.25) is 0 Å². The van der Waals surface area contributed by atoms with E-state index in [2.05, 4.69) is 76.9 Å². The Balaban J connectivity index is 2.08. The third-order valence-electron chi connectivity index (χ3n) is 3.96. The maximum atomic E-state index is 3.76. The second kappa shape index (κ2) is 7.71. The third-order valence-corrected chi connectivity index (χ3v) is 5.93. The number of hydrogen-bond donors (Lipinski definition) is 1. The van der Waals surface area contributed by atoms with Gasteiger partial charge in [0.05, 0.1) is 5.69 Å². The van der Waals surface area contributed by atoms with Gasteiger partial charge < -0.3 is 10.2 Å². The first kappa shape index (κ1) is 16.2. The van der Waals surface area contributed by atoms with Crippen molar-refractivity contribution in [2.24, 2.45) is 0 Å². The molecule has 1 fully saturated rings. The van der Waals surface area contributed by atoms with E-state index in [0.717, 1.165) is 19.6 Å². The number of thioether (sulfide) groups is 1. The van der Waals surface area contributed by atoms with E-state index < -0.39 is 0 Å². The molecule has 0 saturated carbocycles. The van der Waals surface area contributed by atoms with Crippen molar-refractivity contribution >= 4 is 33.4 Å². The Kier molecular flexibility index (Phi) is 6.24. The van der Waals surface area contributed by atoms with Crippen molar-refractivity contribution in [3.8, 4) is 0 Å². The molecule has 4 heteroatoms. The van der Waals surface area contributed by atoms with Gasteiger partial charge in [-0.3, -0.25) is 0 Å². The Bertz CT molecular complexity index is 438. The number of benzene rings is 1. The highest BCUT2D eigenvalue weighted by Crippen LogP contribution is 2.34. The SMILES string of the molecule is CCCNCc1ccc(N2CCSC(C)C2C)c(Br)c1. The standard InChI is InChI=1S/C16H25BrN2S/c1-4-7-18-11-14-5-6-16(15(17)10-14)19-8-9-20-13(3)12(19)2/h5-6,10,12-13,18H,4,7-9,11H2,1-3H3. The van der Waals surface area contributed by atoms with E-state index in [0.29, 0.717) is 11.3 Å². The molecule has 0 aliphatic carbocycles. The number of rotatable bonds is 5. The molecule has 1 aliphatic heterocycles. The molecule has 2 nitrogen and oxygen atoms in total. The first-order valence-electron chi connectivity index (χ1n) is 7.51. The summed E-state index contributed by atoms with van der Waals surface area (Å²) in [7, 11) is 0. The molecular weight excluding hydrogens is 332 g/mol. The van der Waals surface area contributed by atoms with Crippen LogP contribution in [0.25, 0.3) is 0 Å². The number of hydrogen-bond acceptors (Lipinski definition) is 3. The molecule has 1 saturated heterocycles. The van der Waals surface area contributed by atoms with Gasteiger partial charge in [0.2, 0.25) is 0 Å². The van der Waals surface area contributed by atoms with Crippen molar-refractivity contribution in [3.05, 3.63) is 28.2 Å². The second-order valence-corrected chi connectivity index (χ2v) is 7.81. The lowest BCUT2D eigenvalue weighted by Gasteiger charge is -2.39. The van der Waals surface area contributed by atoms with Crippen LogP contribution in [0.3, 0.4) is 0 Å². The van der Waals surface area contributed by atoms with Crippen LogP contribution in [-0.2, 0) is 6.54 Å². The van der Waals surface area contributed by atoms with E-state index in [1.165, 1.54) is 27.9 Å². The van der Waals surface area contributed by atoms with Gasteiger partial charge in [-0.05, 0) is 53.5 Å². The van der Waals surface area contributed by atoms with Crippen LogP contribution in [-0.4, -0.2) is 30.1 Å². The smallest absolute Gasteiger partial charge is 0.0513 e.